The lowest BCUT2D eigenvalue weighted by molar-refractivity contribution is 0.321. The van der Waals surface area contributed by atoms with Crippen LogP contribution in [0.5, 0.6) is 0 Å². The van der Waals surface area contributed by atoms with Gasteiger partial charge < -0.3 is 4.90 Å². The van der Waals surface area contributed by atoms with E-state index in [0.29, 0.717) is 6.04 Å². The second kappa shape index (κ2) is 4.26. The zero-order valence-electron chi connectivity index (χ0n) is 10.5. The van der Waals surface area contributed by atoms with Gasteiger partial charge in [-0.1, -0.05) is 35.9 Å². The second-order valence-corrected chi connectivity index (χ2v) is 4.75. The molecule has 2 rings (SSSR count). The monoisotopic (exact) mass is 213 g/mol. The zero-order valence-corrected chi connectivity index (χ0v) is 10.5. The van der Waals surface area contributed by atoms with Gasteiger partial charge in [-0.05, 0) is 50.3 Å². The fourth-order valence-corrected chi connectivity index (χ4v) is 1.94. The molecule has 0 bridgehead atoms. The first kappa shape index (κ1) is 11.2. The normalized spacial score (nSPS) is 13.3. The van der Waals surface area contributed by atoms with Gasteiger partial charge in [0.25, 0.3) is 0 Å². The van der Waals surface area contributed by atoms with E-state index in [4.69, 9.17) is 0 Å². The lowest BCUT2D eigenvalue weighted by Gasteiger charge is -2.20. The largest absolute Gasteiger partial charge is 0.303 e. The highest BCUT2D eigenvalue weighted by molar-refractivity contribution is 5.83. The Kier molecular flexibility index (Phi) is 2.97. The molecule has 2 aromatic carbocycles. The molecule has 1 unspecified atom stereocenters. The number of rotatable bonds is 2. The molecule has 1 nitrogen and oxygen atoms in total. The topological polar surface area (TPSA) is 3.24 Å². The highest BCUT2D eigenvalue weighted by Gasteiger charge is 2.07. The highest BCUT2D eigenvalue weighted by Crippen LogP contribution is 2.23. The van der Waals surface area contributed by atoms with Crippen molar-refractivity contribution in [1.29, 1.82) is 0 Å². The molecule has 1 heteroatoms. The van der Waals surface area contributed by atoms with Crippen LogP contribution in [0.3, 0.4) is 0 Å². The van der Waals surface area contributed by atoms with Crippen LogP contribution in [0, 0.1) is 6.92 Å². The van der Waals surface area contributed by atoms with Crippen molar-refractivity contribution in [2.24, 2.45) is 0 Å². The number of hydrogen-bond donors (Lipinski definition) is 0. The molecule has 0 N–H and O–H groups in total. The summed E-state index contributed by atoms with van der Waals surface area (Å²) in [6.45, 7) is 4.37. The van der Waals surface area contributed by atoms with Crippen molar-refractivity contribution in [3.05, 3.63) is 47.5 Å². The van der Waals surface area contributed by atoms with E-state index in [2.05, 4.69) is 69.2 Å². The Morgan fingerprint density at radius 2 is 1.56 bits per heavy atom. The van der Waals surface area contributed by atoms with E-state index in [0.717, 1.165) is 0 Å². The van der Waals surface area contributed by atoms with Gasteiger partial charge >= 0.3 is 0 Å². The van der Waals surface area contributed by atoms with Crippen molar-refractivity contribution in [2.75, 3.05) is 14.1 Å². The van der Waals surface area contributed by atoms with Crippen LogP contribution < -0.4 is 0 Å². The fourth-order valence-electron chi connectivity index (χ4n) is 1.94. The van der Waals surface area contributed by atoms with Gasteiger partial charge in [-0.15, -0.1) is 0 Å². The molecule has 0 saturated carbocycles. The first-order valence-electron chi connectivity index (χ1n) is 5.74. The summed E-state index contributed by atoms with van der Waals surface area (Å²) in [4.78, 5) is 2.23. The number of fused-ring (bicyclic) bond motifs is 1. The van der Waals surface area contributed by atoms with Crippen LogP contribution in [0.25, 0.3) is 10.8 Å². The molecule has 16 heavy (non-hydrogen) atoms. The second-order valence-electron chi connectivity index (χ2n) is 4.75. The predicted molar refractivity (Wildman–Crippen MR) is 70.8 cm³/mol. The Balaban J connectivity index is 2.48. The molecule has 0 heterocycles. The molecular weight excluding hydrogens is 194 g/mol. The van der Waals surface area contributed by atoms with E-state index < -0.39 is 0 Å². The summed E-state index contributed by atoms with van der Waals surface area (Å²) in [5, 5.41) is 2.66. The van der Waals surface area contributed by atoms with Crippen molar-refractivity contribution < 1.29 is 0 Å². The van der Waals surface area contributed by atoms with E-state index >= 15 is 0 Å². The average Bonchev–Trinajstić information content (AvgIpc) is 2.27. The Hall–Kier alpha value is -1.34. The Morgan fingerprint density at radius 3 is 2.25 bits per heavy atom. The van der Waals surface area contributed by atoms with E-state index in [1.807, 2.05) is 0 Å². The van der Waals surface area contributed by atoms with E-state index in [1.165, 1.54) is 21.9 Å². The minimum absolute atomic E-state index is 0.464. The summed E-state index contributed by atoms with van der Waals surface area (Å²) in [6.07, 6.45) is 0. The lowest BCUT2D eigenvalue weighted by atomic mass is 10.0. The summed E-state index contributed by atoms with van der Waals surface area (Å²) >= 11 is 0. The summed E-state index contributed by atoms with van der Waals surface area (Å²) in [6, 6.07) is 13.8. The van der Waals surface area contributed by atoms with Crippen molar-refractivity contribution in [2.45, 2.75) is 19.9 Å². The number of aryl methyl sites for hydroxylation is 1. The highest BCUT2D eigenvalue weighted by atomic mass is 15.1. The van der Waals surface area contributed by atoms with Crippen LogP contribution >= 0.6 is 0 Å². The Bertz CT molecular complexity index is 500. The molecule has 0 saturated heterocycles. The van der Waals surface area contributed by atoms with Gasteiger partial charge in [0.05, 0.1) is 0 Å². The molecule has 2 aromatic rings. The van der Waals surface area contributed by atoms with Gasteiger partial charge in [0, 0.05) is 6.04 Å². The first-order valence-corrected chi connectivity index (χ1v) is 5.74. The number of hydrogen-bond acceptors (Lipinski definition) is 1. The third kappa shape index (κ3) is 2.10. The van der Waals surface area contributed by atoms with Crippen molar-refractivity contribution >= 4 is 10.8 Å². The number of nitrogens with zero attached hydrogens (tertiary/aromatic N) is 1. The number of benzene rings is 2. The van der Waals surface area contributed by atoms with E-state index in [-0.39, 0.29) is 0 Å². The summed E-state index contributed by atoms with van der Waals surface area (Å²) < 4.78 is 0. The van der Waals surface area contributed by atoms with Gasteiger partial charge in [-0.2, -0.15) is 0 Å². The van der Waals surface area contributed by atoms with Crippen LogP contribution in [-0.4, -0.2) is 19.0 Å². The molecule has 0 radical (unpaired) electrons. The van der Waals surface area contributed by atoms with Crippen LogP contribution in [-0.2, 0) is 0 Å². The van der Waals surface area contributed by atoms with Gasteiger partial charge in [0.2, 0.25) is 0 Å². The Morgan fingerprint density at radius 1 is 0.938 bits per heavy atom. The maximum atomic E-state index is 2.29. The van der Waals surface area contributed by atoms with Crippen LogP contribution in [0.2, 0.25) is 0 Å². The molecule has 1 atom stereocenters. The quantitative estimate of drug-likeness (QED) is 0.734. The van der Waals surface area contributed by atoms with Crippen LogP contribution in [0.15, 0.2) is 36.4 Å². The molecule has 0 aromatic heterocycles. The van der Waals surface area contributed by atoms with Gasteiger partial charge in [-0.25, -0.2) is 0 Å². The SMILES string of the molecule is Cc1ccc2cc(C(C)N(C)C)ccc2c1. The van der Waals surface area contributed by atoms with Crippen LogP contribution in [0.1, 0.15) is 24.1 Å². The minimum atomic E-state index is 0.464. The Labute approximate surface area is 97.7 Å². The fraction of sp³-hybridized carbons (Fsp3) is 0.333. The third-order valence-corrected chi connectivity index (χ3v) is 3.28. The molecule has 0 spiro atoms. The molecule has 0 aliphatic heterocycles. The molecular formula is C15H19N. The van der Waals surface area contributed by atoms with E-state index in [9.17, 15) is 0 Å². The molecule has 0 fully saturated rings. The standard InChI is InChI=1S/C15H19N/c1-11-5-6-15-10-13(12(2)16(3)4)7-8-14(15)9-11/h5-10,12H,1-4H3. The van der Waals surface area contributed by atoms with Gasteiger partial charge in [0.15, 0.2) is 0 Å². The average molecular weight is 213 g/mol. The van der Waals surface area contributed by atoms with Gasteiger partial charge in [-0.3, -0.25) is 0 Å². The third-order valence-electron chi connectivity index (χ3n) is 3.28. The summed E-state index contributed by atoms with van der Waals surface area (Å²) in [7, 11) is 4.23. The molecule has 0 aliphatic carbocycles. The van der Waals surface area contributed by atoms with Crippen molar-refractivity contribution in [3.8, 4) is 0 Å². The smallest absolute Gasteiger partial charge is 0.0314 e. The van der Waals surface area contributed by atoms with Gasteiger partial charge in [0.1, 0.15) is 0 Å². The molecule has 0 aliphatic rings. The zero-order chi connectivity index (χ0) is 11.7. The lowest BCUT2D eigenvalue weighted by Crippen LogP contribution is -2.16. The minimum Gasteiger partial charge on any atom is -0.303 e. The maximum absolute atomic E-state index is 2.29. The summed E-state index contributed by atoms with van der Waals surface area (Å²) in [5.74, 6) is 0. The van der Waals surface area contributed by atoms with Crippen molar-refractivity contribution in [1.82, 2.24) is 4.90 Å². The maximum Gasteiger partial charge on any atom is 0.0314 e. The molecule has 84 valence electrons. The van der Waals surface area contributed by atoms with Crippen molar-refractivity contribution in [3.63, 3.8) is 0 Å². The summed E-state index contributed by atoms with van der Waals surface area (Å²) in [5.41, 5.74) is 2.70. The first-order chi connectivity index (χ1) is 7.58. The van der Waals surface area contributed by atoms with Crippen LogP contribution in [0.4, 0.5) is 0 Å². The predicted octanol–water partition coefficient (Wildman–Crippen LogP) is 3.77. The van der Waals surface area contributed by atoms with E-state index in [1.54, 1.807) is 0 Å². The molecule has 0 amide bonds.